The number of benzene rings is 2. The monoisotopic (exact) mass is 336 g/mol. The summed E-state index contributed by atoms with van der Waals surface area (Å²) in [5.41, 5.74) is 2.63. The number of methoxy groups -OCH3 is 1. The van der Waals surface area contributed by atoms with Gasteiger partial charge in [0.2, 0.25) is 0 Å². The number of amides is 1. The largest absolute Gasteiger partial charge is 0.493 e. The predicted octanol–water partition coefficient (Wildman–Crippen LogP) is 3.31. The fraction of sp³-hybridized carbons (Fsp3) is 0.300. The minimum absolute atomic E-state index is 0.0824. The number of nitrogens with zero attached hydrogens (tertiary/aromatic N) is 2. The Morgan fingerprint density at radius 1 is 1.28 bits per heavy atom. The molecule has 0 aromatic heterocycles. The maximum atomic E-state index is 12.8. The van der Waals surface area contributed by atoms with E-state index in [0.717, 1.165) is 18.5 Å². The van der Waals surface area contributed by atoms with Gasteiger partial charge in [-0.1, -0.05) is 18.2 Å². The highest BCUT2D eigenvalue weighted by molar-refractivity contribution is 5.96. The van der Waals surface area contributed by atoms with Gasteiger partial charge >= 0.3 is 0 Å². The molecule has 0 saturated carbocycles. The SMILES string of the molecule is COc1cc(C#N)ccc1OCC(=O)N1c2ccccc2CC[C@@H]1C. The standard InChI is InChI=1S/C20H20N2O3/c1-14-7-9-16-5-3-4-6-17(16)22(14)20(23)13-25-18-10-8-15(12-21)11-19(18)24-2/h3-6,8,10-11,14H,7,9,13H2,1-2H3/t14-/m0/s1. The third-order valence-electron chi connectivity index (χ3n) is 4.44. The van der Waals surface area contributed by atoms with Gasteiger partial charge in [-0.25, -0.2) is 0 Å². The molecule has 0 aliphatic carbocycles. The lowest BCUT2D eigenvalue weighted by Gasteiger charge is -2.35. The molecule has 2 aromatic carbocycles. The fourth-order valence-electron chi connectivity index (χ4n) is 3.13. The van der Waals surface area contributed by atoms with Gasteiger partial charge < -0.3 is 14.4 Å². The van der Waals surface area contributed by atoms with Gasteiger partial charge in [0.05, 0.1) is 18.7 Å². The number of fused-ring (bicyclic) bond motifs is 1. The van der Waals surface area contributed by atoms with Gasteiger partial charge in [-0.15, -0.1) is 0 Å². The number of para-hydroxylation sites is 1. The Labute approximate surface area is 147 Å². The van der Waals surface area contributed by atoms with E-state index in [9.17, 15) is 4.79 Å². The number of anilines is 1. The van der Waals surface area contributed by atoms with E-state index in [4.69, 9.17) is 14.7 Å². The number of hydrogen-bond donors (Lipinski definition) is 0. The van der Waals surface area contributed by atoms with Crippen LogP contribution in [0.15, 0.2) is 42.5 Å². The summed E-state index contributed by atoms with van der Waals surface area (Å²) < 4.78 is 10.9. The van der Waals surface area contributed by atoms with E-state index < -0.39 is 0 Å². The van der Waals surface area contributed by atoms with E-state index in [1.54, 1.807) is 18.2 Å². The first-order valence-corrected chi connectivity index (χ1v) is 8.25. The average molecular weight is 336 g/mol. The molecule has 0 spiro atoms. The number of ether oxygens (including phenoxy) is 2. The van der Waals surface area contributed by atoms with Crippen molar-refractivity contribution in [1.29, 1.82) is 5.26 Å². The molecule has 0 bridgehead atoms. The van der Waals surface area contributed by atoms with Crippen LogP contribution >= 0.6 is 0 Å². The zero-order valence-corrected chi connectivity index (χ0v) is 14.4. The van der Waals surface area contributed by atoms with Crippen LogP contribution < -0.4 is 14.4 Å². The molecule has 1 amide bonds. The van der Waals surface area contributed by atoms with Crippen molar-refractivity contribution in [2.75, 3.05) is 18.6 Å². The number of hydrogen-bond acceptors (Lipinski definition) is 4. The topological polar surface area (TPSA) is 62.6 Å². The second kappa shape index (κ2) is 7.27. The lowest BCUT2D eigenvalue weighted by molar-refractivity contribution is -0.121. The normalized spacial score (nSPS) is 15.9. The Balaban J connectivity index is 1.76. The second-order valence-corrected chi connectivity index (χ2v) is 6.05. The fourth-order valence-corrected chi connectivity index (χ4v) is 3.13. The molecule has 5 heteroatoms. The van der Waals surface area contributed by atoms with Gasteiger partial charge in [0, 0.05) is 17.8 Å². The van der Waals surface area contributed by atoms with Crippen LogP contribution in [-0.4, -0.2) is 25.7 Å². The molecule has 1 atom stereocenters. The van der Waals surface area contributed by atoms with E-state index >= 15 is 0 Å². The summed E-state index contributed by atoms with van der Waals surface area (Å²) in [4.78, 5) is 14.6. The number of carbonyl (C=O) groups is 1. The summed E-state index contributed by atoms with van der Waals surface area (Å²) >= 11 is 0. The molecule has 3 rings (SSSR count). The van der Waals surface area contributed by atoms with Gasteiger partial charge in [-0.2, -0.15) is 5.26 Å². The van der Waals surface area contributed by atoms with Crippen LogP contribution in [0.2, 0.25) is 0 Å². The lowest BCUT2D eigenvalue weighted by atomic mass is 9.96. The summed E-state index contributed by atoms with van der Waals surface area (Å²) in [5.74, 6) is 0.804. The summed E-state index contributed by atoms with van der Waals surface area (Å²) in [7, 11) is 1.51. The molecule has 25 heavy (non-hydrogen) atoms. The van der Waals surface area contributed by atoms with Crippen molar-refractivity contribution >= 4 is 11.6 Å². The zero-order chi connectivity index (χ0) is 17.8. The Morgan fingerprint density at radius 2 is 2.08 bits per heavy atom. The number of carbonyl (C=O) groups excluding carboxylic acids is 1. The Kier molecular flexibility index (Phi) is 4.90. The van der Waals surface area contributed by atoms with Crippen molar-refractivity contribution < 1.29 is 14.3 Å². The molecule has 0 radical (unpaired) electrons. The van der Waals surface area contributed by atoms with Crippen LogP contribution in [0.4, 0.5) is 5.69 Å². The molecular weight excluding hydrogens is 316 g/mol. The molecule has 5 nitrogen and oxygen atoms in total. The smallest absolute Gasteiger partial charge is 0.265 e. The average Bonchev–Trinajstić information content (AvgIpc) is 2.65. The van der Waals surface area contributed by atoms with Gasteiger partial charge in [0.25, 0.3) is 5.91 Å². The Bertz CT molecular complexity index is 826. The van der Waals surface area contributed by atoms with E-state index in [1.165, 1.54) is 12.7 Å². The van der Waals surface area contributed by atoms with Crippen molar-refractivity contribution in [2.24, 2.45) is 0 Å². The molecule has 0 unspecified atom stereocenters. The number of aryl methyl sites for hydroxylation is 1. The highest BCUT2D eigenvalue weighted by atomic mass is 16.5. The van der Waals surface area contributed by atoms with Crippen LogP contribution in [0.5, 0.6) is 11.5 Å². The molecule has 1 aliphatic rings. The Hall–Kier alpha value is -3.00. The van der Waals surface area contributed by atoms with Crippen LogP contribution in [0.1, 0.15) is 24.5 Å². The first kappa shape index (κ1) is 16.8. The zero-order valence-electron chi connectivity index (χ0n) is 14.4. The van der Waals surface area contributed by atoms with Crippen molar-refractivity contribution in [3.8, 4) is 17.6 Å². The minimum atomic E-state index is -0.0916. The molecule has 2 aromatic rings. The van der Waals surface area contributed by atoms with Crippen molar-refractivity contribution in [1.82, 2.24) is 0 Å². The van der Waals surface area contributed by atoms with Gasteiger partial charge in [-0.05, 0) is 43.5 Å². The summed E-state index contributed by atoms with van der Waals surface area (Å²) in [5, 5.41) is 8.95. The van der Waals surface area contributed by atoms with Crippen LogP contribution in [-0.2, 0) is 11.2 Å². The predicted molar refractivity (Wildman–Crippen MR) is 94.9 cm³/mol. The van der Waals surface area contributed by atoms with Crippen LogP contribution in [0.3, 0.4) is 0 Å². The molecule has 128 valence electrons. The Morgan fingerprint density at radius 3 is 2.84 bits per heavy atom. The van der Waals surface area contributed by atoms with E-state index in [-0.39, 0.29) is 18.6 Å². The first-order chi connectivity index (χ1) is 12.1. The summed E-state index contributed by atoms with van der Waals surface area (Å²) in [6.45, 7) is 1.97. The quantitative estimate of drug-likeness (QED) is 0.859. The molecular formula is C20H20N2O3. The third kappa shape index (κ3) is 3.43. The first-order valence-electron chi connectivity index (χ1n) is 8.25. The van der Waals surface area contributed by atoms with Gasteiger partial charge in [0.1, 0.15) is 0 Å². The molecule has 1 aliphatic heterocycles. The van der Waals surface area contributed by atoms with E-state index in [0.29, 0.717) is 17.1 Å². The summed E-state index contributed by atoms with van der Waals surface area (Å²) in [6.07, 6.45) is 1.91. The van der Waals surface area contributed by atoms with Crippen molar-refractivity contribution in [3.63, 3.8) is 0 Å². The maximum Gasteiger partial charge on any atom is 0.265 e. The maximum absolute atomic E-state index is 12.8. The highest BCUT2D eigenvalue weighted by Gasteiger charge is 2.28. The molecule has 0 saturated heterocycles. The van der Waals surface area contributed by atoms with Crippen molar-refractivity contribution in [2.45, 2.75) is 25.8 Å². The molecule has 0 N–H and O–H groups in total. The van der Waals surface area contributed by atoms with E-state index in [1.807, 2.05) is 23.1 Å². The van der Waals surface area contributed by atoms with Gasteiger partial charge in [-0.3, -0.25) is 4.79 Å². The molecule has 0 fully saturated rings. The second-order valence-electron chi connectivity index (χ2n) is 6.05. The molecule has 1 heterocycles. The number of nitriles is 1. The summed E-state index contributed by atoms with van der Waals surface area (Å²) in [6, 6.07) is 15.1. The highest BCUT2D eigenvalue weighted by Crippen LogP contribution is 2.31. The van der Waals surface area contributed by atoms with E-state index in [2.05, 4.69) is 19.1 Å². The van der Waals surface area contributed by atoms with Crippen LogP contribution in [0, 0.1) is 11.3 Å². The minimum Gasteiger partial charge on any atom is -0.493 e. The third-order valence-corrected chi connectivity index (χ3v) is 4.44. The van der Waals surface area contributed by atoms with Crippen molar-refractivity contribution in [3.05, 3.63) is 53.6 Å². The van der Waals surface area contributed by atoms with Gasteiger partial charge in [0.15, 0.2) is 18.1 Å². The van der Waals surface area contributed by atoms with Crippen LogP contribution in [0.25, 0.3) is 0 Å². The lowest BCUT2D eigenvalue weighted by Crippen LogP contribution is -2.44. The number of rotatable bonds is 4.